The van der Waals surface area contributed by atoms with Gasteiger partial charge in [0.25, 0.3) is 0 Å². The van der Waals surface area contributed by atoms with Gasteiger partial charge in [-0.1, -0.05) is 216 Å². The van der Waals surface area contributed by atoms with Crippen molar-refractivity contribution >= 4 is 69.7 Å². The third kappa shape index (κ3) is 45.5. The zero-order valence-electron chi connectivity index (χ0n) is 78.7. The fraction of sp³-hybridized carbons (Fsp3) is 0.586. The summed E-state index contributed by atoms with van der Waals surface area (Å²) in [6.45, 7) is 82.1. The molecule has 1 radical (unpaired) electrons. The molecule has 116 heavy (non-hydrogen) atoms. The molecule has 4 aliphatic carbocycles. The Bertz CT molecular complexity index is 4130. The van der Waals surface area contributed by atoms with Gasteiger partial charge in [0, 0.05) is 105 Å². The Labute approximate surface area is 727 Å². The largest absolute Gasteiger partial charge is 0.363 e. The van der Waals surface area contributed by atoms with E-state index in [0.717, 1.165) is 108 Å². The molecule has 0 aromatic carbocycles. The predicted octanol–water partition coefficient (Wildman–Crippen LogP) is 25.9. The molecular weight excluding hydrogens is 1650 g/mol. The van der Waals surface area contributed by atoms with Gasteiger partial charge in [0.2, 0.25) is 0 Å². The van der Waals surface area contributed by atoms with Gasteiger partial charge in [-0.15, -0.1) is 36.6 Å². The van der Waals surface area contributed by atoms with Crippen LogP contribution in [0.3, 0.4) is 0 Å². The number of allylic oxidation sites excluding steroid dienone is 11. The first-order valence-electron chi connectivity index (χ1n) is 40.6. The Kier molecular flexibility index (Phi) is 48.5. The summed E-state index contributed by atoms with van der Waals surface area (Å²) >= 11 is 2.95. The molecule has 9 rings (SSSR count). The molecule has 0 saturated carbocycles. The molecule has 14 nitrogen and oxygen atoms in total. The third-order valence-corrected chi connectivity index (χ3v) is 19.0. The molecule has 1 atom stereocenters. The van der Waals surface area contributed by atoms with Crippen molar-refractivity contribution in [2.75, 3.05) is 0 Å². The molecule has 5 heterocycles. The van der Waals surface area contributed by atoms with Gasteiger partial charge in [0.05, 0.1) is 16.9 Å². The molecule has 0 N–H and O–H groups in total. The molecule has 0 spiro atoms. The van der Waals surface area contributed by atoms with Crippen LogP contribution in [0.15, 0.2) is 132 Å². The second-order valence-electron chi connectivity index (χ2n) is 40.6. The van der Waals surface area contributed by atoms with E-state index in [2.05, 4.69) is 204 Å². The van der Waals surface area contributed by atoms with Crippen LogP contribution in [0.1, 0.15) is 346 Å². The first kappa shape index (κ1) is 113. The van der Waals surface area contributed by atoms with Crippen molar-refractivity contribution in [3.63, 3.8) is 0 Å². The van der Waals surface area contributed by atoms with Gasteiger partial charge in [-0.3, -0.25) is 33.4 Å². The minimum absolute atomic E-state index is 0. The first-order chi connectivity index (χ1) is 52.2. The Balaban J connectivity index is -0.00000121. The van der Waals surface area contributed by atoms with Crippen LogP contribution in [-0.4, -0.2) is 73.2 Å². The van der Waals surface area contributed by atoms with Gasteiger partial charge in [-0.2, -0.15) is 15.5 Å². The normalized spacial score (nSPS) is 14.5. The van der Waals surface area contributed by atoms with Crippen LogP contribution in [0.25, 0.3) is 12.2 Å². The summed E-state index contributed by atoms with van der Waals surface area (Å²) in [4.78, 5) is 76.4. The maximum Gasteiger partial charge on any atom is 0.166 e. The number of carbonyl (C=O) groups is 6. The fourth-order valence-electron chi connectivity index (χ4n) is 10.2. The van der Waals surface area contributed by atoms with Crippen molar-refractivity contribution in [1.82, 2.24) is 38.5 Å². The van der Waals surface area contributed by atoms with Crippen LogP contribution in [-0.2, 0) is 76.6 Å². The number of hydrogen-bond donors (Lipinski definition) is 0. The predicted molar refractivity (Wildman–Crippen MR) is 492 cm³/mol. The summed E-state index contributed by atoms with van der Waals surface area (Å²) in [5.41, 5.74) is 7.81. The molecule has 5 aromatic heterocycles. The number of thiazole rings is 1. The zero-order valence-corrected chi connectivity index (χ0v) is 83.0. The molecule has 1 unspecified atom stereocenters. The van der Waals surface area contributed by atoms with Crippen LogP contribution >= 0.6 is 22.9 Å². The van der Waals surface area contributed by atoms with Gasteiger partial charge in [0.15, 0.2) is 39.7 Å². The van der Waals surface area contributed by atoms with Crippen molar-refractivity contribution in [2.45, 2.75) is 340 Å². The van der Waals surface area contributed by atoms with Gasteiger partial charge in [-0.05, 0) is 234 Å². The quantitative estimate of drug-likeness (QED) is 0.0859. The average molecular weight is 1800 g/mol. The molecule has 0 fully saturated rings. The van der Waals surface area contributed by atoms with E-state index in [1.807, 2.05) is 181 Å². The second-order valence-corrected chi connectivity index (χ2v) is 42.1. The van der Waals surface area contributed by atoms with Crippen LogP contribution in [0.5, 0.6) is 0 Å². The van der Waals surface area contributed by atoms with Crippen molar-refractivity contribution in [3.05, 3.63) is 172 Å². The number of ketones is 6. The second kappa shape index (κ2) is 49.9. The van der Waals surface area contributed by atoms with E-state index in [1.165, 1.54) is 47.4 Å². The van der Waals surface area contributed by atoms with E-state index in [9.17, 15) is 28.8 Å². The zero-order chi connectivity index (χ0) is 89.9. The maximum atomic E-state index is 11.8. The molecule has 645 valence electrons. The van der Waals surface area contributed by atoms with Crippen molar-refractivity contribution < 1.29 is 49.2 Å². The summed E-state index contributed by atoms with van der Waals surface area (Å²) in [7, 11) is 0. The van der Waals surface area contributed by atoms with E-state index in [0.29, 0.717) is 23.1 Å². The Morgan fingerprint density at radius 2 is 1.05 bits per heavy atom. The number of aromatic nitrogens is 8. The number of rotatable bonds is 7. The topological polar surface area (TPSA) is 182 Å². The van der Waals surface area contributed by atoms with Gasteiger partial charge < -0.3 is 14.3 Å². The summed E-state index contributed by atoms with van der Waals surface area (Å²) < 4.78 is 10.0. The third-order valence-electron chi connectivity index (χ3n) is 17.6. The van der Waals surface area contributed by atoms with Crippen LogP contribution in [0.4, 0.5) is 0 Å². The summed E-state index contributed by atoms with van der Waals surface area (Å²) in [6.07, 6.45) is 49.4. The Morgan fingerprint density at radius 1 is 0.560 bits per heavy atom. The molecule has 0 saturated heterocycles. The van der Waals surface area contributed by atoms with Crippen molar-refractivity contribution in [1.29, 1.82) is 0 Å². The average Bonchev–Trinajstić information content (AvgIpc) is 1.57. The Morgan fingerprint density at radius 3 is 1.28 bits per heavy atom. The minimum atomic E-state index is -0.248. The minimum Gasteiger partial charge on any atom is -0.363 e. The van der Waals surface area contributed by atoms with Crippen molar-refractivity contribution in [3.8, 4) is 24.7 Å². The summed E-state index contributed by atoms with van der Waals surface area (Å²) in [6, 6.07) is 3.77. The number of Topliss-reactive ketones (excluding diaryl/α,β-unsaturated/α-hetero) is 3. The fourth-order valence-corrected chi connectivity index (χ4v) is 12.0. The summed E-state index contributed by atoms with van der Waals surface area (Å²) in [5, 5.41) is 13.1. The SMILES string of the molecule is C#Cc1nc(C(C)(C)C)cs1.C#Cc1nscc1C(C)(C)C.C=CC(=O)C(C)(C)C.C=Cc1ccn(C(C)(C)C)n1.C=Cc1nccn1C(C)(C)C.CC(C)(C)C(=O)C1=CCC1.CC(C)(C)C(=O)C1=CCCC1.CC(C)(C)C(=O)C1=CCCCC1.CC(C)(C)C1CCC=CC1=O.CC(C)(C)n1cc[c-]n1.CC(C)=CC(=O)C(C)(C)C.[Re]. The number of carbonyl (C=O) groups excluding carboxylic acids is 6. The van der Waals surface area contributed by atoms with Crippen LogP contribution < -0.4 is 0 Å². The molecule has 0 bridgehead atoms. The number of imidazole rings is 1. The van der Waals surface area contributed by atoms with E-state index in [1.54, 1.807) is 30.5 Å². The molecule has 4 aliphatic rings. The van der Waals surface area contributed by atoms with Crippen LogP contribution in [0, 0.1) is 69.3 Å². The standard InChI is InChI=1S/C11H18O.2C10H16O.2C9H14N2.2C9H11NS.C9H14O.C9H16O.C7H11N2.C7H12O.Re/c1-11(2,3)10(12)9-7-5-4-6-8-9;1-10(2,3)8-6-4-5-7-9(8)11;1-10(2,3)9(11)8-6-4-5-7-8;1-5-8-10-6-7-11(8)9(2,3)4;1-5-8-6-7-11(10-8)9(2,3)4;1-5-8-10-7(6-11-8)9(2,3)4;1-5-8-7(6-11-10-8)9(2,3)4;1-9(2,3)8(10)7-5-4-6-7;1-7(2)6-8(10)9(3,4)5;1-7(2,3)9-6-4-5-8-9;1-5-6(8)7(2,3)4;/h7H,4-6,8H2,1-3H3;5,7-8H,4,6H2,1-3H3;6H,4-5,7H2,1-3H3;2*5-7H,1H2,2-4H3;2*1,6H,2-4H3;5H,4,6H2,1-3H3;6H,1-5H3;4,6H,1-3H3;5H,1H2,2-4H3;/q;;;;;;;;;-1;;. The maximum absolute atomic E-state index is 11.8. The first-order valence-corrected chi connectivity index (χ1v) is 42.3. The van der Waals surface area contributed by atoms with E-state index in [4.69, 9.17) is 12.8 Å². The van der Waals surface area contributed by atoms with Gasteiger partial charge >= 0.3 is 0 Å². The number of terminal acetylenes is 2. The molecule has 0 amide bonds. The van der Waals surface area contributed by atoms with Gasteiger partial charge in [-0.25, -0.2) is 9.97 Å². The number of nitrogens with zero attached hydrogens (tertiary/aromatic N) is 8. The molecule has 0 aliphatic heterocycles. The van der Waals surface area contributed by atoms with E-state index in [-0.39, 0.29) is 97.8 Å². The molecular formula is C99H153N8O6ReS2-. The summed E-state index contributed by atoms with van der Waals surface area (Å²) in [5.74, 6) is 7.87. The van der Waals surface area contributed by atoms with Crippen LogP contribution in [0.2, 0.25) is 0 Å². The van der Waals surface area contributed by atoms with E-state index >= 15 is 0 Å². The van der Waals surface area contributed by atoms with Crippen molar-refractivity contribution in [2.24, 2.45) is 38.4 Å². The van der Waals surface area contributed by atoms with E-state index < -0.39 is 0 Å². The van der Waals surface area contributed by atoms with Gasteiger partial charge in [0.1, 0.15) is 11.5 Å². The molecule has 5 aromatic rings. The Hall–Kier alpha value is -7.39. The number of hydrogen-bond acceptors (Lipinski definition) is 13. The smallest absolute Gasteiger partial charge is 0.166 e. The molecule has 17 heteroatoms. The monoisotopic (exact) mass is 1800 g/mol.